The van der Waals surface area contributed by atoms with Gasteiger partial charge in [-0.15, -0.1) is 11.8 Å². The van der Waals surface area contributed by atoms with Gasteiger partial charge in [-0.25, -0.2) is 60.2 Å². The van der Waals surface area contributed by atoms with E-state index in [-0.39, 0.29) is 142 Å². The molecule has 1 unspecified atom stereocenters. The molecule has 0 radical (unpaired) electrons. The highest BCUT2D eigenvalue weighted by Crippen LogP contribution is 1.90. The number of methoxy groups -OCH3 is 3. The number of likely N-dealkylation sites (N-methyl/N-ethyl adjacent to an activating group) is 2. The molecule has 0 fully saturated rings. The van der Waals surface area contributed by atoms with Crippen molar-refractivity contribution in [3.05, 3.63) is 0 Å². The highest BCUT2D eigenvalue weighted by molar-refractivity contribution is 8.22. The second-order valence-electron chi connectivity index (χ2n) is 15.7. The number of carbonyl (C=O) groups excluding carboxylic acids is 9. The van der Waals surface area contributed by atoms with Gasteiger partial charge in [-0.1, -0.05) is 155 Å². The number of Topliss-reactive ketones (excluding diaryl/α,β-unsaturated/α-hetero) is 1. The van der Waals surface area contributed by atoms with Gasteiger partial charge in [-0.2, -0.15) is 21.1 Å². The molecular formula is C66H192N24O18S11. The number of ketones is 1. The van der Waals surface area contributed by atoms with Gasteiger partial charge in [-0.3, -0.25) is 24.0 Å². The number of amides is 9. The second kappa shape index (κ2) is 167. The normalized spacial score (nSPS) is 7.55. The summed E-state index contributed by atoms with van der Waals surface area (Å²) < 4.78 is 91.8. The fourth-order valence-corrected chi connectivity index (χ4v) is 3.59. The fraction of sp³-hybridized carbons (Fsp3) is 0.788. The Morgan fingerprint density at radius 1 is 0.378 bits per heavy atom. The van der Waals surface area contributed by atoms with Crippen LogP contribution in [0.15, 0.2) is 0 Å². The van der Waals surface area contributed by atoms with Crippen LogP contribution in [-0.2, 0) is 80.9 Å². The summed E-state index contributed by atoms with van der Waals surface area (Å²) in [7, 11) is 43.2. The standard InChI is InChI=1S/C4H10N2O.C4H10N2S.C4H7NO3.C4H7NO2.C3H10N2O2S.C3H10N2OS.C3H8N2O.C3H8N2S.C3H7NO2.2C3H7NOS.C3H7NO.C3H7NS2.C3H7NS.C2H8N2O2S.C2H8N2OS.16CH4/c2*1-5-4(7)6(2)3;1-5-3(6)4(7)8-2;1-3(6)4(7)5-2;1-4-8(6,7)5(2)3;1-4-7(6)5(2)3;2*1-4-3(6)5-2;2*1-4-3(5)6-2;1-4-3(6)5-2;1-3(5)4-2;1-4-3(5)6-2;1-3(5)4-2;1-3-7(5,6)4-2;1-3-6(5)4-2;;;;;;;;;;;;;;;;/h2*1-3H3,(H,5,7);1-2H3,(H,5,6);1-2H3,(H,5,7);4H,1-3H3;4H,1-3H3;2*1-2H3,(H2,4,5,6);2*1-2H3,(H,4,5);1-2H3,(H,4,6);1-2H3,(H,4,5);1-2H3,(H,4,5);1-2H3,(H,4,5);3-4H,1-2H3;3-4H,1-2H3;16*1H4. The van der Waals surface area contributed by atoms with Crippen molar-refractivity contribution in [3.8, 4) is 0 Å². The molecule has 119 heavy (non-hydrogen) atoms. The van der Waals surface area contributed by atoms with E-state index in [4.69, 9.17) is 24.4 Å². The van der Waals surface area contributed by atoms with Crippen molar-refractivity contribution in [1.82, 2.24) is 121 Å². The summed E-state index contributed by atoms with van der Waals surface area (Å²) in [5.41, 5.74) is 0. The number of esters is 1. The molecule has 750 valence electrons. The third-order valence-corrected chi connectivity index (χ3v) is 15.4. The van der Waals surface area contributed by atoms with Gasteiger partial charge < -0.3 is 98.4 Å². The molecule has 0 aliphatic rings. The predicted octanol–water partition coefficient (Wildman–Crippen LogP) is 5.59. The van der Waals surface area contributed by atoms with E-state index in [1.54, 1.807) is 128 Å². The van der Waals surface area contributed by atoms with Crippen LogP contribution in [0.5, 0.6) is 0 Å². The zero-order valence-corrected chi connectivity index (χ0v) is 75.6. The molecule has 42 nitrogen and oxygen atoms in total. The van der Waals surface area contributed by atoms with Gasteiger partial charge in [0, 0.05) is 190 Å². The monoisotopic (exact) mass is 1960 g/mol. The van der Waals surface area contributed by atoms with Crippen LogP contribution in [0.4, 0.5) is 19.2 Å². The Kier molecular flexibility index (Phi) is 303. The van der Waals surface area contributed by atoms with E-state index in [0.717, 1.165) is 25.8 Å². The largest absolute Gasteiger partial charge is 0.474 e. The number of nitrogens with zero attached hydrogens (tertiary/aromatic N) is 4. The van der Waals surface area contributed by atoms with Crippen LogP contribution < -0.4 is 103 Å². The maximum Gasteiger partial charge on any atom is 0.406 e. The first-order chi connectivity index (χ1) is 47.3. The third kappa shape index (κ3) is 254. The number of thiocarbonyl (C=S) groups is 5. The van der Waals surface area contributed by atoms with Gasteiger partial charge in [-0.05, 0) is 77.2 Å². The van der Waals surface area contributed by atoms with E-state index in [9.17, 15) is 68.4 Å². The molecule has 20 N–H and O–H groups in total. The number of hydrogen-bond donors (Lipinski definition) is 20. The third-order valence-electron chi connectivity index (χ3n) is 7.71. The minimum Gasteiger partial charge on any atom is -0.474 e. The summed E-state index contributed by atoms with van der Waals surface area (Å²) in [6.07, 6.45) is 3.27. The van der Waals surface area contributed by atoms with Crippen LogP contribution in [-0.4, -0.2) is 352 Å². The molecule has 0 saturated carbocycles. The molecule has 1 atom stereocenters. The summed E-state index contributed by atoms with van der Waals surface area (Å²) in [6.45, 7) is 4.54. The molecule has 0 heterocycles. The zero-order chi connectivity index (χ0) is 86.2. The van der Waals surface area contributed by atoms with Crippen molar-refractivity contribution >= 4 is 205 Å². The Morgan fingerprint density at radius 2 is 0.714 bits per heavy atom. The van der Waals surface area contributed by atoms with Crippen LogP contribution in [0.25, 0.3) is 0 Å². The molecule has 53 heteroatoms. The van der Waals surface area contributed by atoms with Gasteiger partial charge >= 0.3 is 30.0 Å². The minimum atomic E-state index is -3.16. The van der Waals surface area contributed by atoms with Gasteiger partial charge in [0.05, 0.1) is 26.3 Å². The number of alkyl carbamates (subject to hydrolysis) is 1. The lowest BCUT2D eigenvalue weighted by Crippen LogP contribution is -2.32. The SMILES string of the molecule is C.C.C.C.C.C.C.C.C.C.C.C.C.C.C.C.CNC(=O)C(=O)OC.CNC(=O)C(C)=O.CNC(=O)N(C)C.CNC(=O)NC.CNC(=O)OC.CNC(=O)SC.CNC(=S)N(C)C.CNC(=S)NC.CNC(=S)OC.CNC(=S)SC.CNC(C)=O.CNC(C)=S.CNS(=O)(=O)N(C)C.CNS(=O)(=O)NC.CNS(=O)N(C)C.CNS(=O)NC. The second-order valence-corrected chi connectivity index (χ2v) is 26.6. The van der Waals surface area contributed by atoms with Crippen molar-refractivity contribution in [1.29, 1.82) is 0 Å². The first-order valence-electron chi connectivity index (χ1n) is 28.0. The Labute approximate surface area is 774 Å². The van der Waals surface area contributed by atoms with E-state index >= 15 is 0 Å². The van der Waals surface area contributed by atoms with Crippen LogP contribution in [0.2, 0.25) is 0 Å². The number of rotatable bonds is 9. The van der Waals surface area contributed by atoms with Crippen LogP contribution in [0, 0.1) is 0 Å². The van der Waals surface area contributed by atoms with E-state index in [0.29, 0.717) is 10.3 Å². The topological polar surface area (TPSA) is 537 Å². The van der Waals surface area contributed by atoms with Crippen LogP contribution in [0.1, 0.15) is 140 Å². The molecule has 9 amide bonds. The van der Waals surface area contributed by atoms with Crippen LogP contribution >= 0.6 is 84.6 Å². The Hall–Kier alpha value is -5.74. The predicted molar refractivity (Wildman–Crippen MR) is 552 cm³/mol. The molecule has 0 aromatic rings. The lowest BCUT2D eigenvalue weighted by molar-refractivity contribution is -0.152. The first-order valence-corrected chi connectivity index (χ1v) is 37.7. The Morgan fingerprint density at radius 3 is 0.723 bits per heavy atom. The zero-order valence-electron chi connectivity index (χ0n) is 66.6. The molecular weight excluding hydrogens is 1770 g/mol. The summed E-state index contributed by atoms with van der Waals surface area (Å²) in [5, 5.41) is 36.9. The molecule has 0 saturated heterocycles. The molecule has 0 bridgehead atoms. The van der Waals surface area contributed by atoms with Gasteiger partial charge in [0.2, 0.25) is 11.7 Å². The number of hydrogen-bond acceptors (Lipinski definition) is 25. The summed E-state index contributed by atoms with van der Waals surface area (Å²) >= 11 is 23.9. The van der Waals surface area contributed by atoms with E-state index in [1.807, 2.05) is 53.3 Å². The number of nitrogens with one attached hydrogen (secondary N) is 20. The summed E-state index contributed by atoms with van der Waals surface area (Å²) in [5.74, 6) is -2.59. The number of ether oxygens (including phenoxy) is 3. The van der Waals surface area contributed by atoms with E-state index in [1.165, 1.54) is 101 Å². The van der Waals surface area contributed by atoms with E-state index < -0.39 is 72.4 Å². The Bertz CT molecular complexity index is 2190. The maximum atomic E-state index is 10.5. The number of carbonyl (C=O) groups is 9. The lowest BCUT2D eigenvalue weighted by atomic mass is 10.4. The van der Waals surface area contributed by atoms with Crippen molar-refractivity contribution < 1.29 is 82.6 Å². The highest BCUT2D eigenvalue weighted by Gasteiger charge is 2.09. The van der Waals surface area contributed by atoms with Gasteiger partial charge in [0.25, 0.3) is 36.7 Å². The molecule has 0 spiro atoms. The van der Waals surface area contributed by atoms with Gasteiger partial charge in [0.1, 0.15) is 4.32 Å². The Balaban J connectivity index is -0.0000000224. The molecule has 0 aliphatic heterocycles. The van der Waals surface area contributed by atoms with Crippen molar-refractivity contribution in [2.24, 2.45) is 0 Å². The molecule has 0 aromatic carbocycles. The summed E-state index contributed by atoms with van der Waals surface area (Å²) in [4.78, 5) is 94.3. The van der Waals surface area contributed by atoms with Crippen molar-refractivity contribution in [3.63, 3.8) is 0 Å². The number of thioether (sulfide) groups is 2. The summed E-state index contributed by atoms with van der Waals surface area (Å²) in [6, 6.07) is -0.227. The lowest BCUT2D eigenvalue weighted by Gasteiger charge is -2.11. The average molecular weight is 1960 g/mol. The highest BCUT2D eigenvalue weighted by atomic mass is 32.2. The maximum absolute atomic E-state index is 10.5. The quantitative estimate of drug-likeness (QED) is 0.0760. The molecule has 0 aliphatic carbocycles. The van der Waals surface area contributed by atoms with E-state index in [2.05, 4.69) is 154 Å². The van der Waals surface area contributed by atoms with Crippen molar-refractivity contribution in [2.45, 2.75) is 140 Å². The molecule has 0 aromatic heterocycles. The fourth-order valence-electron chi connectivity index (χ4n) is 2.05. The first kappa shape index (κ1) is 216. The average Bonchev–Trinajstić information content (AvgIpc) is 0.924. The van der Waals surface area contributed by atoms with Crippen LogP contribution in [0.3, 0.4) is 0 Å². The minimum absolute atomic E-state index is 0. The molecule has 0 rings (SSSR count). The van der Waals surface area contributed by atoms with Gasteiger partial charge in [0.15, 0.2) is 32.6 Å². The number of urea groups is 2. The van der Waals surface area contributed by atoms with Crippen molar-refractivity contribution in [2.75, 3.05) is 231 Å². The smallest absolute Gasteiger partial charge is 0.406 e.